The molecule has 7 heteroatoms. The first-order valence-corrected chi connectivity index (χ1v) is 8.56. The van der Waals surface area contributed by atoms with Crippen LogP contribution in [0.25, 0.3) is 0 Å². The molecule has 0 bridgehead atoms. The summed E-state index contributed by atoms with van der Waals surface area (Å²) in [4.78, 5) is 28.0. The summed E-state index contributed by atoms with van der Waals surface area (Å²) in [7, 11) is 3.73. The molecule has 1 aromatic rings. The standard InChI is InChI=1S/C18H27N3O4/c1-4-25-18(23)17(22)19-13-16(21-11-9-20(2)10-12-21)14-5-7-15(24-3)8-6-14/h5-8,16H,4,9-13H2,1-3H3,(H,19,22). The number of amides is 1. The van der Waals surface area contributed by atoms with Gasteiger partial charge in [0.2, 0.25) is 0 Å². The minimum absolute atomic E-state index is 0.00187. The van der Waals surface area contributed by atoms with Crippen molar-refractivity contribution in [3.8, 4) is 5.75 Å². The fourth-order valence-corrected chi connectivity index (χ4v) is 2.88. The highest BCUT2D eigenvalue weighted by Gasteiger charge is 2.25. The maximum Gasteiger partial charge on any atom is 0.396 e. The van der Waals surface area contributed by atoms with Crippen LogP contribution in [0, 0.1) is 0 Å². The molecule has 7 nitrogen and oxygen atoms in total. The molecule has 1 heterocycles. The lowest BCUT2D eigenvalue weighted by atomic mass is 10.0. The van der Waals surface area contributed by atoms with Gasteiger partial charge in [0, 0.05) is 32.7 Å². The number of benzene rings is 1. The Morgan fingerprint density at radius 2 is 1.80 bits per heavy atom. The molecule has 1 N–H and O–H groups in total. The molecule has 1 aliphatic rings. The van der Waals surface area contributed by atoms with E-state index in [1.54, 1.807) is 14.0 Å². The van der Waals surface area contributed by atoms with E-state index in [1.807, 2.05) is 24.3 Å². The molecule has 138 valence electrons. The lowest BCUT2D eigenvalue weighted by Crippen LogP contribution is -2.49. The zero-order valence-electron chi connectivity index (χ0n) is 15.2. The molecule has 1 aromatic carbocycles. The van der Waals surface area contributed by atoms with Crippen molar-refractivity contribution in [2.24, 2.45) is 0 Å². The van der Waals surface area contributed by atoms with Gasteiger partial charge in [-0.05, 0) is 31.7 Å². The molecule has 25 heavy (non-hydrogen) atoms. The first kappa shape index (κ1) is 19.2. The molecule has 0 spiro atoms. The quantitative estimate of drug-likeness (QED) is 0.601. The van der Waals surface area contributed by atoms with Crippen LogP contribution in [0.2, 0.25) is 0 Å². The second-order valence-electron chi connectivity index (χ2n) is 6.06. The lowest BCUT2D eigenvalue weighted by molar-refractivity contribution is -0.154. The summed E-state index contributed by atoms with van der Waals surface area (Å²) in [6, 6.07) is 7.81. The summed E-state index contributed by atoms with van der Waals surface area (Å²) in [6.45, 7) is 5.97. The van der Waals surface area contributed by atoms with Gasteiger partial charge in [0.1, 0.15) is 5.75 Å². The molecular formula is C18H27N3O4. The second-order valence-corrected chi connectivity index (χ2v) is 6.06. The van der Waals surface area contributed by atoms with Crippen LogP contribution in [0.4, 0.5) is 0 Å². The van der Waals surface area contributed by atoms with Crippen molar-refractivity contribution in [3.63, 3.8) is 0 Å². The number of rotatable bonds is 6. The SMILES string of the molecule is CCOC(=O)C(=O)NCC(c1ccc(OC)cc1)N1CCN(C)CC1. The Morgan fingerprint density at radius 3 is 2.36 bits per heavy atom. The van der Waals surface area contributed by atoms with E-state index in [9.17, 15) is 9.59 Å². The monoisotopic (exact) mass is 349 g/mol. The maximum atomic E-state index is 11.9. The Labute approximate surface area is 148 Å². The topological polar surface area (TPSA) is 71.1 Å². The van der Waals surface area contributed by atoms with Crippen LogP contribution in [-0.2, 0) is 14.3 Å². The van der Waals surface area contributed by atoms with Gasteiger partial charge in [0.25, 0.3) is 0 Å². The van der Waals surface area contributed by atoms with Crippen molar-refractivity contribution >= 4 is 11.9 Å². The first-order chi connectivity index (χ1) is 12.0. The average Bonchev–Trinajstić information content (AvgIpc) is 2.63. The van der Waals surface area contributed by atoms with Gasteiger partial charge >= 0.3 is 11.9 Å². The largest absolute Gasteiger partial charge is 0.497 e. The number of ether oxygens (including phenoxy) is 2. The number of carbonyl (C=O) groups is 2. The highest BCUT2D eigenvalue weighted by molar-refractivity contribution is 6.32. The summed E-state index contributed by atoms with van der Waals surface area (Å²) in [6.07, 6.45) is 0. The number of methoxy groups -OCH3 is 1. The molecule has 1 amide bonds. The predicted octanol–water partition coefficient (Wildman–Crippen LogP) is 0.663. The fourth-order valence-electron chi connectivity index (χ4n) is 2.88. The highest BCUT2D eigenvalue weighted by Crippen LogP contribution is 2.23. The van der Waals surface area contributed by atoms with Crippen molar-refractivity contribution < 1.29 is 19.1 Å². The number of likely N-dealkylation sites (N-methyl/N-ethyl adjacent to an activating group) is 1. The van der Waals surface area contributed by atoms with Crippen LogP contribution in [0.1, 0.15) is 18.5 Å². The molecule has 0 aromatic heterocycles. The third-order valence-electron chi connectivity index (χ3n) is 4.40. The van der Waals surface area contributed by atoms with Crippen molar-refractivity contribution in [3.05, 3.63) is 29.8 Å². The smallest absolute Gasteiger partial charge is 0.396 e. The number of esters is 1. The first-order valence-electron chi connectivity index (χ1n) is 8.56. The summed E-state index contributed by atoms with van der Waals surface area (Å²) in [5.41, 5.74) is 1.08. The molecule has 1 unspecified atom stereocenters. The number of nitrogens with one attached hydrogen (secondary N) is 1. The van der Waals surface area contributed by atoms with E-state index >= 15 is 0 Å². The predicted molar refractivity (Wildman–Crippen MR) is 94.4 cm³/mol. The summed E-state index contributed by atoms with van der Waals surface area (Å²) < 4.78 is 9.96. The third kappa shape index (κ3) is 5.44. The molecule has 1 fully saturated rings. The van der Waals surface area contributed by atoms with E-state index in [0.717, 1.165) is 37.5 Å². The summed E-state index contributed by atoms with van der Waals surface area (Å²) in [5.74, 6) is -0.750. The third-order valence-corrected chi connectivity index (χ3v) is 4.40. The number of carbonyl (C=O) groups excluding carboxylic acids is 2. The van der Waals surface area contributed by atoms with Crippen molar-refractivity contribution in [1.82, 2.24) is 15.1 Å². The van der Waals surface area contributed by atoms with Crippen LogP contribution in [0.15, 0.2) is 24.3 Å². The molecule has 1 saturated heterocycles. The van der Waals surface area contributed by atoms with E-state index in [0.29, 0.717) is 6.54 Å². The van der Waals surface area contributed by atoms with Gasteiger partial charge in [0.05, 0.1) is 19.8 Å². The van der Waals surface area contributed by atoms with Gasteiger partial charge in [-0.15, -0.1) is 0 Å². The van der Waals surface area contributed by atoms with Gasteiger partial charge in [-0.1, -0.05) is 12.1 Å². The molecule has 0 saturated carbocycles. The Morgan fingerprint density at radius 1 is 1.16 bits per heavy atom. The van der Waals surface area contributed by atoms with Crippen LogP contribution < -0.4 is 10.1 Å². The van der Waals surface area contributed by atoms with Gasteiger partial charge < -0.3 is 19.7 Å². The number of piperazine rings is 1. The minimum atomic E-state index is -0.839. The van der Waals surface area contributed by atoms with Crippen LogP contribution in [-0.4, -0.2) is 75.2 Å². The fraction of sp³-hybridized carbons (Fsp3) is 0.556. The second kappa shape index (κ2) is 9.39. The average molecular weight is 349 g/mol. The van der Waals surface area contributed by atoms with Crippen molar-refractivity contribution in [1.29, 1.82) is 0 Å². The molecule has 0 radical (unpaired) electrons. The van der Waals surface area contributed by atoms with Gasteiger partial charge in [-0.3, -0.25) is 9.69 Å². The highest BCUT2D eigenvalue weighted by atomic mass is 16.5. The Balaban J connectivity index is 2.08. The van der Waals surface area contributed by atoms with Gasteiger partial charge in [-0.25, -0.2) is 4.79 Å². The van der Waals surface area contributed by atoms with Crippen LogP contribution in [0.5, 0.6) is 5.75 Å². The van der Waals surface area contributed by atoms with E-state index in [-0.39, 0.29) is 12.6 Å². The van der Waals surface area contributed by atoms with Crippen molar-refractivity contribution in [2.75, 3.05) is 53.5 Å². The zero-order chi connectivity index (χ0) is 18.2. The zero-order valence-corrected chi connectivity index (χ0v) is 15.2. The Hall–Kier alpha value is -2.12. The number of nitrogens with zero attached hydrogens (tertiary/aromatic N) is 2. The van der Waals surface area contributed by atoms with E-state index in [1.165, 1.54) is 0 Å². The molecule has 0 aliphatic carbocycles. The number of hydrogen-bond donors (Lipinski definition) is 1. The molecule has 1 atom stereocenters. The van der Waals surface area contributed by atoms with Gasteiger partial charge in [-0.2, -0.15) is 0 Å². The van der Waals surface area contributed by atoms with E-state index < -0.39 is 11.9 Å². The Kier molecular flexibility index (Phi) is 7.21. The normalized spacial score (nSPS) is 16.9. The summed E-state index contributed by atoms with van der Waals surface area (Å²) >= 11 is 0. The summed E-state index contributed by atoms with van der Waals surface area (Å²) in [5, 5.41) is 2.70. The molecular weight excluding hydrogens is 322 g/mol. The van der Waals surface area contributed by atoms with E-state index in [2.05, 4.69) is 22.2 Å². The number of hydrogen-bond acceptors (Lipinski definition) is 6. The molecule has 2 rings (SSSR count). The molecule has 1 aliphatic heterocycles. The minimum Gasteiger partial charge on any atom is -0.497 e. The van der Waals surface area contributed by atoms with Gasteiger partial charge in [0.15, 0.2) is 0 Å². The Bertz CT molecular complexity index is 568. The van der Waals surface area contributed by atoms with Crippen LogP contribution in [0.3, 0.4) is 0 Å². The van der Waals surface area contributed by atoms with Crippen molar-refractivity contribution in [2.45, 2.75) is 13.0 Å². The van der Waals surface area contributed by atoms with Crippen LogP contribution >= 0.6 is 0 Å². The van der Waals surface area contributed by atoms with E-state index in [4.69, 9.17) is 9.47 Å². The maximum absolute atomic E-state index is 11.9. The lowest BCUT2D eigenvalue weighted by Gasteiger charge is -2.38.